The van der Waals surface area contributed by atoms with Crippen LogP contribution in [-0.4, -0.2) is 25.7 Å². The van der Waals surface area contributed by atoms with Crippen LogP contribution in [0.5, 0.6) is 0 Å². The molecule has 0 aliphatic heterocycles. The Morgan fingerprint density at radius 2 is 1.87 bits per heavy atom. The Morgan fingerprint density at radius 1 is 1.33 bits per heavy atom. The average molecular weight is 230 g/mol. The summed E-state index contributed by atoms with van der Waals surface area (Å²) >= 11 is 0. The van der Waals surface area contributed by atoms with Crippen LogP contribution in [-0.2, 0) is 19.1 Å². The van der Waals surface area contributed by atoms with E-state index in [0.717, 1.165) is 6.26 Å². The van der Waals surface area contributed by atoms with Crippen molar-refractivity contribution in [1.29, 1.82) is 0 Å². The van der Waals surface area contributed by atoms with E-state index in [0.29, 0.717) is 0 Å². The van der Waals surface area contributed by atoms with Crippen molar-refractivity contribution in [3.05, 3.63) is 35.9 Å². The molecule has 0 fully saturated rings. The summed E-state index contributed by atoms with van der Waals surface area (Å²) in [5.74, 6) is -1.20. The minimum Gasteiger partial charge on any atom is -0.377 e. The second-order valence-electron chi connectivity index (χ2n) is 2.92. The van der Waals surface area contributed by atoms with Gasteiger partial charge in [-0.05, 0) is 5.56 Å². The molecule has 0 radical (unpaired) electrons. The van der Waals surface area contributed by atoms with Crippen LogP contribution in [0.2, 0.25) is 0 Å². The quantitative estimate of drug-likeness (QED) is 0.751. The number of hydrogen-bond acceptors (Lipinski definition) is 5. The van der Waals surface area contributed by atoms with Crippen LogP contribution in [0, 0.1) is 0 Å². The van der Waals surface area contributed by atoms with E-state index in [1.165, 1.54) is 12.1 Å². The summed E-state index contributed by atoms with van der Waals surface area (Å²) in [5, 5.41) is 9.41. The maximum atomic E-state index is 11.1. The molecule has 1 N–H and O–H groups in total. The maximum Gasteiger partial charge on any atom is 0.355 e. The number of aliphatic hydroxyl groups excluding tert-OH is 1. The minimum atomic E-state index is -3.89. The van der Waals surface area contributed by atoms with Crippen molar-refractivity contribution < 1.29 is 22.5 Å². The summed E-state index contributed by atoms with van der Waals surface area (Å²) < 4.78 is 25.3. The molecule has 6 heteroatoms. The molecule has 1 aromatic carbocycles. The molecule has 0 amide bonds. The van der Waals surface area contributed by atoms with E-state index in [2.05, 4.69) is 4.18 Å². The lowest BCUT2D eigenvalue weighted by atomic mass is 10.1. The summed E-state index contributed by atoms with van der Waals surface area (Å²) in [7, 11) is -3.89. The average Bonchev–Trinajstić information content (AvgIpc) is 2.15. The molecule has 1 atom stereocenters. The predicted octanol–water partition coefficient (Wildman–Crippen LogP) is 0.223. The van der Waals surface area contributed by atoms with Crippen molar-refractivity contribution >= 4 is 16.1 Å². The summed E-state index contributed by atoms with van der Waals surface area (Å²) in [5.41, 5.74) is 0.283. The molecule has 5 nitrogen and oxygen atoms in total. The molecular formula is C9H10O5S. The Balaban J connectivity index is 2.78. The number of carbonyl (C=O) groups excluding carboxylic acids is 1. The number of rotatable bonds is 3. The van der Waals surface area contributed by atoms with Gasteiger partial charge in [-0.1, -0.05) is 30.3 Å². The first-order valence-corrected chi connectivity index (χ1v) is 5.88. The smallest absolute Gasteiger partial charge is 0.355 e. The number of carbonyl (C=O) groups is 1. The van der Waals surface area contributed by atoms with Crippen molar-refractivity contribution in [2.24, 2.45) is 0 Å². The molecule has 1 aromatic rings. The molecule has 0 aromatic heterocycles. The number of aliphatic hydroxyl groups is 1. The van der Waals surface area contributed by atoms with Crippen molar-refractivity contribution in [2.45, 2.75) is 6.10 Å². The normalized spacial score (nSPS) is 13.2. The second kappa shape index (κ2) is 4.41. The second-order valence-corrected chi connectivity index (χ2v) is 4.49. The number of hydrogen-bond donors (Lipinski definition) is 1. The molecular weight excluding hydrogens is 220 g/mol. The van der Waals surface area contributed by atoms with Gasteiger partial charge in [0.2, 0.25) is 0 Å². The molecule has 0 aliphatic carbocycles. The van der Waals surface area contributed by atoms with E-state index in [4.69, 9.17) is 0 Å². The van der Waals surface area contributed by atoms with Crippen LogP contribution in [0.4, 0.5) is 0 Å². The topological polar surface area (TPSA) is 80.7 Å². The van der Waals surface area contributed by atoms with E-state index in [9.17, 15) is 18.3 Å². The Bertz CT molecular complexity index is 437. The van der Waals surface area contributed by atoms with Crippen LogP contribution < -0.4 is 0 Å². The molecule has 0 bridgehead atoms. The summed E-state index contributed by atoms with van der Waals surface area (Å²) in [6.45, 7) is 0. The highest BCUT2D eigenvalue weighted by Crippen LogP contribution is 2.14. The van der Waals surface area contributed by atoms with Crippen molar-refractivity contribution in [3.8, 4) is 0 Å². The zero-order valence-electron chi connectivity index (χ0n) is 7.95. The SMILES string of the molecule is CS(=O)(=O)OC(=O)[C@H](O)c1ccccc1. The molecule has 0 saturated carbocycles. The van der Waals surface area contributed by atoms with Crippen molar-refractivity contribution in [1.82, 2.24) is 0 Å². The van der Waals surface area contributed by atoms with Crippen LogP contribution >= 0.6 is 0 Å². The van der Waals surface area contributed by atoms with Gasteiger partial charge < -0.3 is 9.29 Å². The standard InChI is InChI=1S/C9H10O5S/c1-15(12,13)14-9(11)8(10)7-5-3-2-4-6-7/h2-6,8,10H,1H3/t8-/m1/s1. The van der Waals surface area contributed by atoms with Gasteiger partial charge in [0.25, 0.3) is 0 Å². The third-order valence-electron chi connectivity index (χ3n) is 1.57. The Kier molecular flexibility index (Phi) is 3.43. The van der Waals surface area contributed by atoms with Gasteiger partial charge in [0.1, 0.15) is 0 Å². The summed E-state index contributed by atoms with van der Waals surface area (Å²) in [6.07, 6.45) is -0.844. The minimum absolute atomic E-state index is 0.283. The zero-order valence-corrected chi connectivity index (χ0v) is 8.77. The molecule has 0 unspecified atom stereocenters. The van der Waals surface area contributed by atoms with Crippen LogP contribution in [0.1, 0.15) is 11.7 Å². The van der Waals surface area contributed by atoms with Gasteiger partial charge in [0, 0.05) is 0 Å². The molecule has 0 heterocycles. The van der Waals surface area contributed by atoms with Gasteiger partial charge in [-0.3, -0.25) is 0 Å². The van der Waals surface area contributed by atoms with Crippen molar-refractivity contribution in [2.75, 3.05) is 6.26 Å². The highest BCUT2D eigenvalue weighted by atomic mass is 32.2. The third-order valence-corrected chi connectivity index (χ3v) is 2.04. The Hall–Kier alpha value is -1.40. The lowest BCUT2D eigenvalue weighted by Gasteiger charge is -2.08. The fraction of sp³-hybridized carbons (Fsp3) is 0.222. The first-order valence-electron chi connectivity index (χ1n) is 4.06. The van der Waals surface area contributed by atoms with E-state index in [1.54, 1.807) is 18.2 Å². The highest BCUT2D eigenvalue weighted by Gasteiger charge is 2.22. The van der Waals surface area contributed by atoms with E-state index >= 15 is 0 Å². The van der Waals surface area contributed by atoms with Crippen LogP contribution in [0.25, 0.3) is 0 Å². The van der Waals surface area contributed by atoms with Crippen LogP contribution in [0.15, 0.2) is 30.3 Å². The fourth-order valence-electron chi connectivity index (χ4n) is 0.966. The molecule has 15 heavy (non-hydrogen) atoms. The largest absolute Gasteiger partial charge is 0.377 e. The van der Waals surface area contributed by atoms with Gasteiger partial charge in [-0.2, -0.15) is 8.42 Å². The van der Waals surface area contributed by atoms with Crippen molar-refractivity contribution in [3.63, 3.8) is 0 Å². The Morgan fingerprint density at radius 3 is 2.33 bits per heavy atom. The summed E-state index contributed by atoms with van der Waals surface area (Å²) in [4.78, 5) is 11.1. The molecule has 0 saturated heterocycles. The van der Waals surface area contributed by atoms with Gasteiger partial charge in [0.15, 0.2) is 6.10 Å². The summed E-state index contributed by atoms with van der Waals surface area (Å²) in [6, 6.07) is 7.93. The zero-order chi connectivity index (χ0) is 11.5. The molecule has 1 rings (SSSR count). The lowest BCUT2D eigenvalue weighted by Crippen LogP contribution is -2.18. The highest BCUT2D eigenvalue weighted by molar-refractivity contribution is 7.86. The van der Waals surface area contributed by atoms with Gasteiger partial charge in [0.05, 0.1) is 6.26 Å². The van der Waals surface area contributed by atoms with Crippen LogP contribution in [0.3, 0.4) is 0 Å². The molecule has 0 aliphatic rings. The van der Waals surface area contributed by atoms with Gasteiger partial charge >= 0.3 is 16.1 Å². The van der Waals surface area contributed by atoms with Gasteiger partial charge in [-0.15, -0.1) is 0 Å². The lowest BCUT2D eigenvalue weighted by molar-refractivity contribution is -0.143. The third kappa shape index (κ3) is 3.69. The van der Waals surface area contributed by atoms with E-state index in [-0.39, 0.29) is 5.56 Å². The van der Waals surface area contributed by atoms with E-state index in [1.807, 2.05) is 0 Å². The first-order chi connectivity index (χ1) is 6.90. The van der Waals surface area contributed by atoms with Gasteiger partial charge in [-0.25, -0.2) is 4.79 Å². The molecule has 0 spiro atoms. The number of benzene rings is 1. The van der Waals surface area contributed by atoms with E-state index < -0.39 is 22.2 Å². The Labute approximate surface area is 87.4 Å². The first kappa shape index (κ1) is 11.7. The predicted molar refractivity (Wildman–Crippen MR) is 52.3 cm³/mol. The maximum absolute atomic E-state index is 11.1. The molecule has 82 valence electrons. The monoisotopic (exact) mass is 230 g/mol. The fourth-order valence-corrected chi connectivity index (χ4v) is 1.36.